The summed E-state index contributed by atoms with van der Waals surface area (Å²) < 4.78 is 29.1. The quantitative estimate of drug-likeness (QED) is 0.325. The number of aromatic nitrogens is 2. The van der Waals surface area contributed by atoms with Gasteiger partial charge in [-0.2, -0.15) is 0 Å². The molecule has 0 spiro atoms. The lowest BCUT2D eigenvalue weighted by Gasteiger charge is -2.26. The zero-order chi connectivity index (χ0) is 28.7. The summed E-state index contributed by atoms with van der Waals surface area (Å²) in [5.74, 6) is 1.54. The van der Waals surface area contributed by atoms with Gasteiger partial charge in [-0.25, -0.2) is 23.1 Å². The fourth-order valence-electron chi connectivity index (χ4n) is 5.33. The van der Waals surface area contributed by atoms with Gasteiger partial charge in [-0.1, -0.05) is 37.2 Å². The molecule has 4 heterocycles. The van der Waals surface area contributed by atoms with Crippen LogP contribution in [0.4, 0.5) is 16.8 Å². The molecule has 2 amide bonds. The SMILES string of the molecule is CCNS(=O)(=O)c1cc(-c2sc(Nc3cccc(N4CCNCC4=O)n3)nc2C)cc2c1C(=O)N(CCC1CC1)C2. The number of hydrogen-bond acceptors (Lipinski definition) is 9. The zero-order valence-electron chi connectivity index (χ0n) is 23.1. The molecule has 2 aliphatic heterocycles. The summed E-state index contributed by atoms with van der Waals surface area (Å²) in [4.78, 5) is 39.2. The van der Waals surface area contributed by atoms with Crippen molar-refractivity contribution < 1.29 is 18.0 Å². The first-order chi connectivity index (χ1) is 19.7. The van der Waals surface area contributed by atoms with Crippen molar-refractivity contribution in [2.75, 3.05) is 42.9 Å². The van der Waals surface area contributed by atoms with Gasteiger partial charge >= 0.3 is 0 Å². The molecule has 41 heavy (non-hydrogen) atoms. The molecule has 0 bridgehead atoms. The first-order valence-corrected chi connectivity index (χ1v) is 16.2. The Morgan fingerprint density at radius 1 is 1.17 bits per heavy atom. The summed E-state index contributed by atoms with van der Waals surface area (Å²) in [5.41, 5.74) is 2.42. The molecule has 3 aliphatic rings. The predicted octanol–water partition coefficient (Wildman–Crippen LogP) is 3.25. The van der Waals surface area contributed by atoms with E-state index in [0.717, 1.165) is 22.6 Å². The molecule has 3 aromatic rings. The molecule has 216 valence electrons. The number of carbonyl (C=O) groups excluding carboxylic acids is 2. The largest absolute Gasteiger partial charge is 0.334 e. The maximum absolute atomic E-state index is 13.4. The summed E-state index contributed by atoms with van der Waals surface area (Å²) in [6, 6.07) is 8.97. The number of piperazine rings is 1. The Morgan fingerprint density at radius 3 is 2.76 bits per heavy atom. The van der Waals surface area contributed by atoms with Gasteiger partial charge in [0.05, 0.1) is 27.6 Å². The van der Waals surface area contributed by atoms with E-state index >= 15 is 0 Å². The monoisotopic (exact) mass is 595 g/mol. The lowest BCUT2D eigenvalue weighted by atomic mass is 10.0. The standard InChI is InChI=1S/C28H33N7O4S2/c1-3-30-41(38,39)21-14-19(13-20-16-34(27(37)25(20)21)11-9-18-7-8-18)26-17(2)31-28(40-26)33-22-5-4-6-23(32-22)35-12-10-29-15-24(35)36/h4-6,13-14,18,29-30H,3,7-12,15-16H2,1-2H3,(H,31,32,33). The lowest BCUT2D eigenvalue weighted by Crippen LogP contribution is -2.48. The first kappa shape index (κ1) is 27.8. The van der Waals surface area contributed by atoms with Crippen molar-refractivity contribution in [3.63, 3.8) is 0 Å². The molecule has 13 heteroatoms. The number of nitrogens with zero attached hydrogens (tertiary/aromatic N) is 4. The van der Waals surface area contributed by atoms with E-state index in [1.54, 1.807) is 28.9 Å². The van der Waals surface area contributed by atoms with Crippen LogP contribution in [0, 0.1) is 12.8 Å². The van der Waals surface area contributed by atoms with Gasteiger partial charge < -0.3 is 15.5 Å². The predicted molar refractivity (Wildman–Crippen MR) is 158 cm³/mol. The number of carbonyl (C=O) groups is 2. The molecule has 1 saturated heterocycles. The van der Waals surface area contributed by atoms with Crippen molar-refractivity contribution in [2.45, 2.75) is 44.6 Å². The summed E-state index contributed by atoms with van der Waals surface area (Å²) in [7, 11) is -3.89. The van der Waals surface area contributed by atoms with Gasteiger partial charge in [0.1, 0.15) is 11.6 Å². The van der Waals surface area contributed by atoms with Gasteiger partial charge in [0.15, 0.2) is 5.13 Å². The van der Waals surface area contributed by atoms with Crippen LogP contribution in [0.2, 0.25) is 0 Å². The van der Waals surface area contributed by atoms with Crippen LogP contribution in [-0.2, 0) is 21.4 Å². The van der Waals surface area contributed by atoms with E-state index in [-0.39, 0.29) is 35.4 Å². The second-order valence-electron chi connectivity index (χ2n) is 10.6. The molecule has 2 fully saturated rings. The number of nitrogens with one attached hydrogen (secondary N) is 3. The van der Waals surface area contributed by atoms with Crippen LogP contribution in [0.15, 0.2) is 35.2 Å². The molecule has 1 aliphatic carbocycles. The summed E-state index contributed by atoms with van der Waals surface area (Å²) >= 11 is 1.39. The Kier molecular flexibility index (Phi) is 7.53. The molecule has 11 nitrogen and oxygen atoms in total. The Balaban J connectivity index is 1.31. The maximum Gasteiger partial charge on any atom is 0.255 e. The summed E-state index contributed by atoms with van der Waals surface area (Å²) in [6.45, 7) is 6.38. The van der Waals surface area contributed by atoms with Gasteiger partial charge in [-0.05, 0) is 54.7 Å². The minimum Gasteiger partial charge on any atom is -0.334 e. The number of aryl methyl sites for hydroxylation is 1. The van der Waals surface area contributed by atoms with E-state index in [1.165, 1.54) is 24.2 Å². The molecule has 0 atom stereocenters. The van der Waals surface area contributed by atoms with E-state index < -0.39 is 10.0 Å². The van der Waals surface area contributed by atoms with Crippen LogP contribution in [-0.4, -0.2) is 67.8 Å². The van der Waals surface area contributed by atoms with Crippen molar-refractivity contribution in [1.29, 1.82) is 0 Å². The fraction of sp³-hybridized carbons (Fsp3) is 0.429. The smallest absolute Gasteiger partial charge is 0.255 e. The number of thiazole rings is 1. The van der Waals surface area contributed by atoms with E-state index in [1.807, 2.05) is 25.1 Å². The number of rotatable bonds is 10. The van der Waals surface area contributed by atoms with Gasteiger partial charge in [0.2, 0.25) is 15.9 Å². The average Bonchev–Trinajstić information content (AvgIpc) is 3.63. The number of sulfonamides is 1. The van der Waals surface area contributed by atoms with Gasteiger partial charge in [0.25, 0.3) is 5.91 Å². The summed E-state index contributed by atoms with van der Waals surface area (Å²) in [6.07, 6.45) is 3.35. The maximum atomic E-state index is 13.4. The Hall–Kier alpha value is -3.39. The first-order valence-electron chi connectivity index (χ1n) is 13.9. The normalized spacial score (nSPS) is 17.3. The highest BCUT2D eigenvalue weighted by molar-refractivity contribution is 7.89. The highest BCUT2D eigenvalue weighted by Crippen LogP contribution is 2.40. The van der Waals surface area contributed by atoms with E-state index in [2.05, 4.69) is 25.3 Å². The number of benzene rings is 1. The molecular weight excluding hydrogens is 562 g/mol. The number of anilines is 3. The highest BCUT2D eigenvalue weighted by atomic mass is 32.2. The summed E-state index contributed by atoms with van der Waals surface area (Å²) in [5, 5.41) is 6.89. The lowest BCUT2D eigenvalue weighted by molar-refractivity contribution is -0.118. The van der Waals surface area contributed by atoms with Crippen molar-refractivity contribution >= 4 is 49.9 Å². The molecule has 0 unspecified atom stereocenters. The third-order valence-corrected chi connectivity index (χ3v) is 10.3. The van der Waals surface area contributed by atoms with Crippen LogP contribution in [0.25, 0.3) is 10.4 Å². The minimum absolute atomic E-state index is 0.0168. The second-order valence-corrected chi connectivity index (χ2v) is 13.4. The number of amides is 2. The van der Waals surface area contributed by atoms with Gasteiger partial charge in [0, 0.05) is 32.7 Å². The van der Waals surface area contributed by atoms with Crippen molar-refractivity contribution in [2.24, 2.45) is 5.92 Å². The van der Waals surface area contributed by atoms with Crippen LogP contribution in [0.3, 0.4) is 0 Å². The molecule has 0 radical (unpaired) electrons. The molecule has 1 aromatic carbocycles. The Labute approximate surface area is 243 Å². The van der Waals surface area contributed by atoms with Crippen molar-refractivity contribution in [3.8, 4) is 10.4 Å². The van der Waals surface area contributed by atoms with Crippen molar-refractivity contribution in [1.82, 2.24) is 24.9 Å². The average molecular weight is 596 g/mol. The number of fused-ring (bicyclic) bond motifs is 1. The van der Waals surface area contributed by atoms with Crippen molar-refractivity contribution in [3.05, 3.63) is 47.2 Å². The third-order valence-electron chi connectivity index (χ3n) is 7.57. The van der Waals surface area contributed by atoms with Gasteiger partial charge in [-0.15, -0.1) is 0 Å². The molecule has 2 aromatic heterocycles. The third kappa shape index (κ3) is 5.71. The number of hydrogen-bond donors (Lipinski definition) is 3. The van der Waals surface area contributed by atoms with E-state index in [0.29, 0.717) is 54.4 Å². The van der Waals surface area contributed by atoms with Crippen LogP contribution in [0.1, 0.15) is 47.8 Å². The van der Waals surface area contributed by atoms with E-state index in [9.17, 15) is 18.0 Å². The fourth-order valence-corrected chi connectivity index (χ4v) is 7.60. The Morgan fingerprint density at radius 2 is 2.00 bits per heavy atom. The van der Waals surface area contributed by atoms with Crippen LogP contribution < -0.4 is 20.3 Å². The van der Waals surface area contributed by atoms with Crippen LogP contribution in [0.5, 0.6) is 0 Å². The number of pyridine rings is 1. The van der Waals surface area contributed by atoms with Gasteiger partial charge in [-0.3, -0.25) is 14.5 Å². The molecule has 1 saturated carbocycles. The van der Waals surface area contributed by atoms with Crippen LogP contribution >= 0.6 is 11.3 Å². The highest BCUT2D eigenvalue weighted by Gasteiger charge is 2.36. The molecule has 6 rings (SSSR count). The second kappa shape index (κ2) is 11.1. The van der Waals surface area contributed by atoms with E-state index in [4.69, 9.17) is 0 Å². The topological polar surface area (TPSA) is 137 Å². The minimum atomic E-state index is -3.89. The zero-order valence-corrected chi connectivity index (χ0v) is 24.7. The Bertz CT molecular complexity index is 1620. The molecular formula is C28H33N7O4S2. The molecule has 3 N–H and O–H groups in total.